The predicted octanol–water partition coefficient (Wildman–Crippen LogP) is 2.68. The highest BCUT2D eigenvalue weighted by atomic mass is 32.1. The van der Waals surface area contributed by atoms with Crippen molar-refractivity contribution in [3.63, 3.8) is 0 Å². The summed E-state index contributed by atoms with van der Waals surface area (Å²) < 4.78 is 9.67. The van der Waals surface area contributed by atoms with Gasteiger partial charge >= 0.3 is 0 Å². The molecule has 0 bridgehead atoms. The zero-order valence-corrected chi connectivity index (χ0v) is 14.5. The quantitative estimate of drug-likeness (QED) is 0.721. The third-order valence-corrected chi connectivity index (χ3v) is 5.05. The van der Waals surface area contributed by atoms with Gasteiger partial charge in [-0.15, -0.1) is 0 Å². The molecule has 1 aromatic carbocycles. The summed E-state index contributed by atoms with van der Waals surface area (Å²) in [5.74, 6) is 1.20. The molecule has 7 heteroatoms. The molecule has 3 heterocycles. The number of amides is 1. The van der Waals surface area contributed by atoms with Crippen LogP contribution in [0.2, 0.25) is 0 Å². The molecule has 4 rings (SSSR count). The van der Waals surface area contributed by atoms with Crippen molar-refractivity contribution < 1.29 is 9.21 Å². The lowest BCUT2D eigenvalue weighted by Gasteiger charge is -2.33. The van der Waals surface area contributed by atoms with Gasteiger partial charge in [-0.3, -0.25) is 4.79 Å². The van der Waals surface area contributed by atoms with Crippen LogP contribution in [0.15, 0.2) is 53.1 Å². The van der Waals surface area contributed by atoms with Crippen molar-refractivity contribution in [2.75, 3.05) is 31.1 Å². The fourth-order valence-electron chi connectivity index (χ4n) is 2.88. The summed E-state index contributed by atoms with van der Waals surface area (Å²) in [6.07, 6.45) is 2.27. The van der Waals surface area contributed by atoms with Crippen LogP contribution in [-0.2, 0) is 6.42 Å². The van der Waals surface area contributed by atoms with Gasteiger partial charge in [0.2, 0.25) is 5.13 Å². The number of anilines is 1. The van der Waals surface area contributed by atoms with Gasteiger partial charge in [0.1, 0.15) is 5.82 Å². The molecule has 25 heavy (non-hydrogen) atoms. The van der Waals surface area contributed by atoms with Crippen LogP contribution in [0.5, 0.6) is 0 Å². The third-order valence-electron chi connectivity index (χ3n) is 4.23. The molecule has 0 N–H and O–H groups in total. The van der Waals surface area contributed by atoms with E-state index < -0.39 is 0 Å². The van der Waals surface area contributed by atoms with E-state index in [1.165, 1.54) is 23.4 Å². The molecule has 6 nitrogen and oxygen atoms in total. The minimum absolute atomic E-state index is 0.0494. The Balaban J connectivity index is 1.36. The Morgan fingerprint density at radius 3 is 2.60 bits per heavy atom. The van der Waals surface area contributed by atoms with Gasteiger partial charge in [0.25, 0.3) is 5.91 Å². The molecule has 0 aliphatic carbocycles. The van der Waals surface area contributed by atoms with E-state index in [2.05, 4.69) is 26.4 Å². The summed E-state index contributed by atoms with van der Waals surface area (Å²) in [5, 5.41) is 0.927. The monoisotopic (exact) mass is 354 g/mol. The molecule has 3 aromatic rings. The molecule has 1 fully saturated rings. The van der Waals surface area contributed by atoms with Crippen LogP contribution in [0.25, 0.3) is 0 Å². The molecule has 0 saturated carbocycles. The Hall–Kier alpha value is -2.67. The largest absolute Gasteiger partial charge is 0.459 e. The molecule has 1 aliphatic heterocycles. The van der Waals surface area contributed by atoms with E-state index >= 15 is 0 Å². The molecule has 0 radical (unpaired) electrons. The zero-order chi connectivity index (χ0) is 17.1. The maximum atomic E-state index is 12.3. The van der Waals surface area contributed by atoms with Crippen LogP contribution in [0, 0.1) is 0 Å². The number of piperazine rings is 1. The van der Waals surface area contributed by atoms with E-state index in [1.807, 2.05) is 23.1 Å². The topological polar surface area (TPSA) is 62.5 Å². The molecule has 1 saturated heterocycles. The number of nitrogens with zero attached hydrogens (tertiary/aromatic N) is 4. The fourth-order valence-corrected chi connectivity index (χ4v) is 3.62. The number of aromatic nitrogens is 2. The molecule has 128 valence electrons. The molecular formula is C18H18N4O2S. The lowest BCUT2D eigenvalue weighted by Crippen LogP contribution is -2.48. The maximum Gasteiger partial charge on any atom is 0.289 e. The number of hydrogen-bond donors (Lipinski definition) is 0. The number of carbonyl (C=O) groups excluding carboxylic acids is 1. The smallest absolute Gasteiger partial charge is 0.289 e. The Morgan fingerprint density at radius 1 is 1.08 bits per heavy atom. The molecule has 2 aromatic heterocycles. The lowest BCUT2D eigenvalue weighted by molar-refractivity contribution is 0.0714. The molecule has 1 amide bonds. The first-order valence-electron chi connectivity index (χ1n) is 8.24. The van der Waals surface area contributed by atoms with Gasteiger partial charge in [-0.05, 0) is 17.7 Å². The first-order chi connectivity index (χ1) is 12.3. The summed E-state index contributed by atoms with van der Waals surface area (Å²) in [5.41, 5.74) is 1.21. The second-order valence-corrected chi connectivity index (χ2v) is 6.64. The fraction of sp³-hybridized carbons (Fsp3) is 0.278. The number of furan rings is 1. The van der Waals surface area contributed by atoms with Crippen LogP contribution in [-0.4, -0.2) is 46.3 Å². The molecule has 0 spiro atoms. The van der Waals surface area contributed by atoms with Gasteiger partial charge in [-0.1, -0.05) is 30.3 Å². The summed E-state index contributed by atoms with van der Waals surface area (Å²) in [4.78, 5) is 21.0. The standard InChI is InChI=1S/C18H18N4O2S/c23-17(15-7-4-12-24-15)21-8-10-22(11-9-21)18-19-16(20-25-18)13-14-5-2-1-3-6-14/h1-7,12H,8-11,13H2. The number of rotatable bonds is 4. The van der Waals surface area contributed by atoms with Crippen molar-refractivity contribution in [3.8, 4) is 0 Å². The Morgan fingerprint density at radius 2 is 1.88 bits per heavy atom. The number of hydrogen-bond acceptors (Lipinski definition) is 6. The van der Waals surface area contributed by atoms with Crippen molar-refractivity contribution in [3.05, 3.63) is 65.9 Å². The van der Waals surface area contributed by atoms with Crippen molar-refractivity contribution >= 4 is 22.6 Å². The second kappa shape index (κ2) is 7.06. The molecule has 0 unspecified atom stereocenters. The summed E-state index contributed by atoms with van der Waals surface area (Å²) >= 11 is 1.43. The highest BCUT2D eigenvalue weighted by molar-refractivity contribution is 7.09. The Labute approximate surface area is 149 Å². The van der Waals surface area contributed by atoms with Gasteiger partial charge in [0.15, 0.2) is 5.76 Å². The molecule has 0 atom stereocenters. The highest BCUT2D eigenvalue weighted by Crippen LogP contribution is 2.21. The highest BCUT2D eigenvalue weighted by Gasteiger charge is 2.25. The van der Waals surface area contributed by atoms with Crippen LogP contribution >= 0.6 is 11.5 Å². The Bertz CT molecular complexity index is 824. The van der Waals surface area contributed by atoms with Crippen LogP contribution in [0.1, 0.15) is 21.9 Å². The van der Waals surface area contributed by atoms with Crippen LogP contribution in [0.3, 0.4) is 0 Å². The summed E-state index contributed by atoms with van der Waals surface area (Å²) in [7, 11) is 0. The minimum atomic E-state index is -0.0494. The zero-order valence-electron chi connectivity index (χ0n) is 13.7. The first-order valence-corrected chi connectivity index (χ1v) is 9.01. The lowest BCUT2D eigenvalue weighted by atomic mass is 10.1. The van der Waals surface area contributed by atoms with Crippen molar-refractivity contribution in [2.24, 2.45) is 0 Å². The van der Waals surface area contributed by atoms with Crippen molar-refractivity contribution in [1.29, 1.82) is 0 Å². The van der Waals surface area contributed by atoms with Gasteiger partial charge in [0, 0.05) is 44.1 Å². The van der Waals surface area contributed by atoms with Gasteiger partial charge in [0.05, 0.1) is 6.26 Å². The average Bonchev–Trinajstić information content (AvgIpc) is 3.34. The van der Waals surface area contributed by atoms with Crippen molar-refractivity contribution in [1.82, 2.24) is 14.3 Å². The maximum absolute atomic E-state index is 12.3. The molecular weight excluding hydrogens is 336 g/mol. The van der Waals surface area contributed by atoms with Crippen molar-refractivity contribution in [2.45, 2.75) is 6.42 Å². The van der Waals surface area contributed by atoms with Gasteiger partial charge in [-0.2, -0.15) is 4.37 Å². The second-order valence-electron chi connectivity index (χ2n) is 5.91. The summed E-state index contributed by atoms with van der Waals surface area (Å²) in [6.45, 7) is 2.83. The molecule has 1 aliphatic rings. The van der Waals surface area contributed by atoms with E-state index in [9.17, 15) is 4.79 Å². The van der Waals surface area contributed by atoms with Crippen LogP contribution < -0.4 is 4.90 Å². The summed E-state index contributed by atoms with van der Waals surface area (Å²) in [6, 6.07) is 13.7. The van der Waals surface area contributed by atoms with E-state index in [1.54, 1.807) is 12.1 Å². The minimum Gasteiger partial charge on any atom is -0.459 e. The van der Waals surface area contributed by atoms with Gasteiger partial charge in [-0.25, -0.2) is 4.98 Å². The average molecular weight is 354 g/mol. The normalized spacial score (nSPS) is 14.7. The number of carbonyl (C=O) groups is 1. The van der Waals surface area contributed by atoms with E-state index in [-0.39, 0.29) is 5.91 Å². The van der Waals surface area contributed by atoms with Crippen LogP contribution in [0.4, 0.5) is 5.13 Å². The van der Waals surface area contributed by atoms with E-state index in [0.29, 0.717) is 18.8 Å². The Kier molecular flexibility index (Phi) is 4.47. The van der Waals surface area contributed by atoms with E-state index in [0.717, 1.165) is 30.5 Å². The SMILES string of the molecule is O=C(c1ccco1)N1CCN(c2nc(Cc3ccccc3)ns2)CC1. The van der Waals surface area contributed by atoms with E-state index in [4.69, 9.17) is 4.42 Å². The third kappa shape index (κ3) is 3.56. The van der Waals surface area contributed by atoms with Gasteiger partial charge < -0.3 is 14.2 Å². The predicted molar refractivity (Wildman–Crippen MR) is 96.0 cm³/mol. The first kappa shape index (κ1) is 15.8. The number of benzene rings is 1.